The van der Waals surface area contributed by atoms with Crippen LogP contribution in [0.4, 0.5) is 13.2 Å². The number of carbonyl (C=O) groups is 2. The van der Waals surface area contributed by atoms with Gasteiger partial charge in [0.2, 0.25) is 0 Å². The van der Waals surface area contributed by atoms with Crippen LogP contribution in [0.5, 0.6) is 0 Å². The van der Waals surface area contributed by atoms with Crippen molar-refractivity contribution in [2.24, 2.45) is 22.7 Å². The first kappa shape index (κ1) is 34.3. The summed E-state index contributed by atoms with van der Waals surface area (Å²) in [6.45, 7) is 10.1. The van der Waals surface area contributed by atoms with Crippen LogP contribution in [0.1, 0.15) is 92.4 Å². The Morgan fingerprint density at radius 3 is 2.23 bits per heavy atom. The second kappa shape index (κ2) is 15.9. The summed E-state index contributed by atoms with van der Waals surface area (Å²) in [5, 5.41) is 7.57. The first-order valence-corrected chi connectivity index (χ1v) is 15.2. The van der Waals surface area contributed by atoms with E-state index in [9.17, 15) is 22.8 Å². The lowest BCUT2D eigenvalue weighted by Gasteiger charge is -2.29. The van der Waals surface area contributed by atoms with Gasteiger partial charge >= 0.3 is 6.18 Å². The lowest BCUT2D eigenvalue weighted by Crippen LogP contribution is -2.46. The predicted octanol–water partition coefficient (Wildman–Crippen LogP) is 6.87. The smallest absolute Gasteiger partial charge is 0.397 e. The molecule has 2 aliphatic carbocycles. The summed E-state index contributed by atoms with van der Waals surface area (Å²) < 4.78 is 40.7. The first-order valence-electron chi connectivity index (χ1n) is 14.8. The number of aliphatic hydroxyl groups is 1. The third-order valence-electron chi connectivity index (χ3n) is 7.80. The quantitative estimate of drug-likeness (QED) is 0.248. The third-order valence-corrected chi connectivity index (χ3v) is 8.25. The number of aliphatic imine (C=N–C) groups is 1. The number of aliphatic hydroxyl groups excluding tert-OH is 1. The average Bonchev–Trinajstić information content (AvgIpc) is 3.71. The topological polar surface area (TPSA) is 73.2 Å². The van der Waals surface area contributed by atoms with Gasteiger partial charge in [-0.1, -0.05) is 70.9 Å². The fourth-order valence-electron chi connectivity index (χ4n) is 5.35. The number of hydrogen-bond donors (Lipinski definition) is 1. The molecule has 4 rings (SSSR count). The molecule has 228 valence electrons. The normalized spacial score (nSPS) is 23.4. The highest BCUT2D eigenvalue weighted by Gasteiger charge is 2.49. The Hall–Kier alpha value is -1.87. The third kappa shape index (κ3) is 9.61. The summed E-state index contributed by atoms with van der Waals surface area (Å²) in [6, 6.07) is -1.19. The van der Waals surface area contributed by atoms with Crippen molar-refractivity contribution < 1.29 is 27.9 Å². The van der Waals surface area contributed by atoms with E-state index < -0.39 is 29.2 Å². The van der Waals surface area contributed by atoms with Crippen molar-refractivity contribution in [1.29, 1.82) is 0 Å². The molecule has 1 N–H and O–H groups in total. The van der Waals surface area contributed by atoms with Crippen LogP contribution in [0.2, 0.25) is 0 Å². The van der Waals surface area contributed by atoms with Gasteiger partial charge in [-0.05, 0) is 62.5 Å². The molecule has 0 aromatic carbocycles. The van der Waals surface area contributed by atoms with Gasteiger partial charge in [-0.3, -0.25) is 14.6 Å². The number of nitrogens with zero attached hydrogens (tertiary/aromatic N) is 3. The van der Waals surface area contributed by atoms with Crippen molar-refractivity contribution >= 4 is 29.1 Å². The van der Waals surface area contributed by atoms with Gasteiger partial charge in [0, 0.05) is 19.4 Å². The minimum absolute atomic E-state index is 0.0943. The molecule has 0 bridgehead atoms. The van der Waals surface area contributed by atoms with E-state index in [0.717, 1.165) is 30.8 Å². The maximum Gasteiger partial charge on any atom is 0.419 e. The summed E-state index contributed by atoms with van der Waals surface area (Å²) in [7, 11) is 0. The van der Waals surface area contributed by atoms with Crippen molar-refractivity contribution in [2.45, 2.75) is 110 Å². The van der Waals surface area contributed by atoms with E-state index in [1.54, 1.807) is 13.1 Å². The predicted molar refractivity (Wildman–Crippen MR) is 154 cm³/mol. The van der Waals surface area contributed by atoms with Crippen LogP contribution in [0.3, 0.4) is 0 Å². The molecule has 0 spiro atoms. The van der Waals surface area contributed by atoms with Crippen LogP contribution >= 0.6 is 11.6 Å². The first-order chi connectivity index (χ1) is 18.9. The fourth-order valence-corrected chi connectivity index (χ4v) is 5.66. The van der Waals surface area contributed by atoms with Crippen LogP contribution in [-0.4, -0.2) is 69.8 Å². The van der Waals surface area contributed by atoms with Gasteiger partial charge in [-0.25, -0.2) is 0 Å². The summed E-state index contributed by atoms with van der Waals surface area (Å²) in [5.74, 6) is 1.08. The Morgan fingerprint density at radius 1 is 1.15 bits per heavy atom. The van der Waals surface area contributed by atoms with Crippen molar-refractivity contribution in [2.75, 3.05) is 19.7 Å². The number of halogens is 4. The standard InChI is InChI=1S/C18H21ClF3N3O2.C10H20.C2H6O/c1-3-6-24(8-10(2)26)17(27)14-15(19)25-9-12(11-4-5-11)7-13(16(25)23-14)18(20,21)22;1-3-9(2)10-7-5-4-6-8-10;1-2-3/h7,9,11,14-15H,3-6,8H2,1-2H3;9-10H,3-8H2,1-2H3;3H,2H2,1H3. The Balaban J connectivity index is 0.000000358. The summed E-state index contributed by atoms with van der Waals surface area (Å²) >= 11 is 6.37. The molecule has 0 saturated heterocycles. The molecule has 10 heteroatoms. The van der Waals surface area contributed by atoms with Crippen molar-refractivity contribution in [3.8, 4) is 0 Å². The van der Waals surface area contributed by atoms with E-state index in [2.05, 4.69) is 18.8 Å². The lowest BCUT2D eigenvalue weighted by atomic mass is 9.80. The maximum atomic E-state index is 13.6. The molecule has 2 fully saturated rings. The molecule has 0 aromatic heterocycles. The van der Waals surface area contributed by atoms with Gasteiger partial charge in [-0.2, -0.15) is 13.2 Å². The number of Topliss-reactive ketones (excluding diaryl/α,β-unsaturated/α-hetero) is 1. The van der Waals surface area contributed by atoms with E-state index in [1.165, 1.54) is 55.2 Å². The van der Waals surface area contributed by atoms with Gasteiger partial charge in [0.05, 0.1) is 12.1 Å². The minimum Gasteiger partial charge on any atom is -0.397 e. The number of hydrogen-bond acceptors (Lipinski definition) is 5. The Bertz CT molecular complexity index is 940. The van der Waals surface area contributed by atoms with E-state index in [1.807, 2.05) is 6.92 Å². The van der Waals surface area contributed by atoms with Crippen LogP contribution in [-0.2, 0) is 9.59 Å². The van der Waals surface area contributed by atoms with Crippen LogP contribution in [0.15, 0.2) is 28.4 Å². The molecule has 2 aliphatic heterocycles. The molecular formula is C30H47ClF3N3O3. The highest BCUT2D eigenvalue weighted by atomic mass is 35.5. The van der Waals surface area contributed by atoms with Gasteiger partial charge < -0.3 is 14.9 Å². The van der Waals surface area contributed by atoms with Crippen molar-refractivity contribution in [1.82, 2.24) is 9.80 Å². The number of allylic oxidation sites excluding steroid dienone is 2. The Kier molecular flexibility index (Phi) is 13.7. The number of amidine groups is 1. The largest absolute Gasteiger partial charge is 0.419 e. The second-order valence-corrected chi connectivity index (χ2v) is 11.6. The van der Waals surface area contributed by atoms with Gasteiger partial charge in [-0.15, -0.1) is 0 Å². The lowest BCUT2D eigenvalue weighted by molar-refractivity contribution is -0.136. The second-order valence-electron chi connectivity index (χ2n) is 11.2. The van der Waals surface area contributed by atoms with E-state index in [-0.39, 0.29) is 30.7 Å². The zero-order chi connectivity index (χ0) is 30.0. The minimum atomic E-state index is -4.59. The number of carbonyl (C=O) groups excluding carboxylic acids is 2. The number of ketones is 1. The number of fused-ring (bicyclic) bond motifs is 1. The van der Waals surface area contributed by atoms with Crippen LogP contribution in [0, 0.1) is 17.8 Å². The zero-order valence-corrected chi connectivity index (χ0v) is 25.4. The zero-order valence-electron chi connectivity index (χ0n) is 24.6. The highest BCUT2D eigenvalue weighted by Crippen LogP contribution is 2.44. The molecule has 6 nitrogen and oxygen atoms in total. The summed E-state index contributed by atoms with van der Waals surface area (Å²) in [5.41, 5.74) is -1.37. The maximum absolute atomic E-state index is 13.6. The monoisotopic (exact) mass is 589 g/mol. The average molecular weight is 590 g/mol. The number of amides is 1. The SMILES string of the molecule is CCC(C)C1CCCCC1.CCCN(CC(C)=O)C(=O)C1N=C2C(C(F)(F)F)=CC(C3CC3)=CN2C1Cl.CCO. The van der Waals surface area contributed by atoms with E-state index in [0.29, 0.717) is 18.5 Å². The highest BCUT2D eigenvalue weighted by molar-refractivity contribution is 6.26. The molecule has 2 heterocycles. The molecule has 3 unspecified atom stereocenters. The van der Waals surface area contributed by atoms with E-state index in [4.69, 9.17) is 16.7 Å². The molecule has 2 saturated carbocycles. The molecule has 1 amide bonds. The summed E-state index contributed by atoms with van der Waals surface area (Å²) in [6.07, 6.45) is 9.26. The Labute approximate surface area is 242 Å². The Morgan fingerprint density at radius 2 is 1.75 bits per heavy atom. The van der Waals surface area contributed by atoms with Crippen molar-refractivity contribution in [3.05, 3.63) is 23.4 Å². The van der Waals surface area contributed by atoms with Crippen molar-refractivity contribution in [3.63, 3.8) is 0 Å². The van der Waals surface area contributed by atoms with Crippen LogP contribution < -0.4 is 0 Å². The van der Waals surface area contributed by atoms with Gasteiger partial charge in [0.25, 0.3) is 5.91 Å². The molecular weight excluding hydrogens is 543 g/mol. The van der Waals surface area contributed by atoms with Crippen LogP contribution in [0.25, 0.3) is 0 Å². The van der Waals surface area contributed by atoms with E-state index >= 15 is 0 Å². The molecule has 4 aliphatic rings. The number of alkyl halides is 4. The molecule has 0 radical (unpaired) electrons. The van der Waals surface area contributed by atoms with Gasteiger partial charge in [0.15, 0.2) is 6.04 Å². The molecule has 40 heavy (non-hydrogen) atoms. The summed E-state index contributed by atoms with van der Waals surface area (Å²) in [4.78, 5) is 30.9. The fraction of sp³-hybridized carbons (Fsp3) is 0.767. The number of rotatable bonds is 8. The van der Waals surface area contributed by atoms with Gasteiger partial charge in [0.1, 0.15) is 17.1 Å². The molecule has 0 aromatic rings. The molecule has 3 atom stereocenters.